The third kappa shape index (κ3) is 3.92. The Hall–Kier alpha value is -1.15. The number of carboxylic acids is 1. The van der Waals surface area contributed by atoms with E-state index in [0.717, 1.165) is 12.8 Å². The fraction of sp³-hybridized carbons (Fsp3) is 0.833. The van der Waals surface area contributed by atoms with E-state index in [0.29, 0.717) is 13.1 Å². The fourth-order valence-electron chi connectivity index (χ4n) is 2.15. The van der Waals surface area contributed by atoms with E-state index in [-0.39, 0.29) is 6.04 Å². The van der Waals surface area contributed by atoms with Gasteiger partial charge in [-0.15, -0.1) is 0 Å². The molecule has 1 unspecified atom stereocenters. The Morgan fingerprint density at radius 3 is 2.10 bits per heavy atom. The van der Waals surface area contributed by atoms with Crippen molar-refractivity contribution in [3.63, 3.8) is 0 Å². The maximum absolute atomic E-state index is 12.2. The van der Waals surface area contributed by atoms with Crippen LogP contribution in [-0.4, -0.2) is 65.5 Å². The van der Waals surface area contributed by atoms with Crippen molar-refractivity contribution < 1.29 is 23.1 Å². The minimum Gasteiger partial charge on any atom is -0.480 e. The first-order chi connectivity index (χ1) is 9.24. The third-order valence-corrected chi connectivity index (χ3v) is 5.32. The van der Waals surface area contributed by atoms with Gasteiger partial charge in [0.25, 0.3) is 0 Å². The molecule has 0 aromatic heterocycles. The predicted octanol–water partition coefficient (Wildman–Crippen LogP) is 0.122. The first-order valence-electron chi connectivity index (χ1n) is 6.76. The quantitative estimate of drug-likeness (QED) is 0.687. The molecular formula is C12H22N2O5S. The Labute approximate surface area is 119 Å². The minimum atomic E-state index is -3.68. The maximum atomic E-state index is 12.2. The SMILES string of the molecule is CCN(CC)S(=O)(=O)CC(=O)N(C1CC1)C(C)C(=O)O. The van der Waals surface area contributed by atoms with E-state index < -0.39 is 33.7 Å². The predicted molar refractivity (Wildman–Crippen MR) is 73.7 cm³/mol. The van der Waals surface area contributed by atoms with Crippen LogP contribution in [0.5, 0.6) is 0 Å². The average molecular weight is 306 g/mol. The van der Waals surface area contributed by atoms with Crippen LogP contribution in [0.1, 0.15) is 33.6 Å². The van der Waals surface area contributed by atoms with Crippen LogP contribution >= 0.6 is 0 Å². The molecule has 20 heavy (non-hydrogen) atoms. The second-order valence-electron chi connectivity index (χ2n) is 4.89. The van der Waals surface area contributed by atoms with Crippen LogP contribution in [0.15, 0.2) is 0 Å². The molecule has 0 aliphatic heterocycles. The molecule has 0 aromatic rings. The summed E-state index contributed by atoms with van der Waals surface area (Å²) in [6.45, 7) is 5.39. The van der Waals surface area contributed by atoms with Gasteiger partial charge in [0.2, 0.25) is 15.9 Å². The summed E-state index contributed by atoms with van der Waals surface area (Å²) in [6, 6.07) is -1.14. The van der Waals surface area contributed by atoms with E-state index in [1.165, 1.54) is 16.1 Å². The summed E-state index contributed by atoms with van der Waals surface area (Å²) in [7, 11) is -3.68. The second-order valence-corrected chi connectivity index (χ2v) is 6.86. The number of hydrogen-bond donors (Lipinski definition) is 1. The Balaban J connectivity index is 2.84. The molecule has 0 radical (unpaired) electrons. The lowest BCUT2D eigenvalue weighted by Gasteiger charge is -2.27. The van der Waals surface area contributed by atoms with Crippen LogP contribution in [0.25, 0.3) is 0 Å². The molecule has 0 bridgehead atoms. The maximum Gasteiger partial charge on any atom is 0.326 e. The summed E-state index contributed by atoms with van der Waals surface area (Å²) in [5.41, 5.74) is 0. The van der Waals surface area contributed by atoms with Crippen molar-refractivity contribution in [3.8, 4) is 0 Å². The van der Waals surface area contributed by atoms with Gasteiger partial charge in [-0.3, -0.25) is 4.79 Å². The zero-order chi connectivity index (χ0) is 15.5. The highest BCUT2D eigenvalue weighted by molar-refractivity contribution is 7.89. The molecule has 7 nitrogen and oxygen atoms in total. The van der Waals surface area contributed by atoms with Crippen LogP contribution in [0, 0.1) is 0 Å². The van der Waals surface area contributed by atoms with E-state index in [1.807, 2.05) is 0 Å². The number of amides is 1. The smallest absolute Gasteiger partial charge is 0.326 e. The van der Waals surface area contributed by atoms with Gasteiger partial charge < -0.3 is 10.0 Å². The highest BCUT2D eigenvalue weighted by atomic mass is 32.2. The molecule has 116 valence electrons. The van der Waals surface area contributed by atoms with Crippen molar-refractivity contribution in [2.75, 3.05) is 18.8 Å². The number of carbonyl (C=O) groups excluding carboxylic acids is 1. The lowest BCUT2D eigenvalue weighted by molar-refractivity contribution is -0.149. The standard InChI is InChI=1S/C12H22N2O5S/c1-4-13(5-2)20(18,19)8-11(15)14(10-6-7-10)9(3)12(16)17/h9-10H,4-8H2,1-3H3,(H,16,17). The normalized spacial score (nSPS) is 17.0. The van der Waals surface area contributed by atoms with E-state index in [9.17, 15) is 18.0 Å². The zero-order valence-electron chi connectivity index (χ0n) is 12.1. The molecule has 8 heteroatoms. The Bertz CT molecular complexity index is 468. The molecule has 1 N–H and O–H groups in total. The summed E-state index contributed by atoms with van der Waals surface area (Å²) in [4.78, 5) is 24.4. The molecule has 1 amide bonds. The molecule has 1 saturated carbocycles. The summed E-state index contributed by atoms with van der Waals surface area (Å²) in [5.74, 6) is -2.41. The summed E-state index contributed by atoms with van der Waals surface area (Å²) >= 11 is 0. The number of aliphatic carboxylic acids is 1. The first kappa shape index (κ1) is 16.9. The van der Waals surface area contributed by atoms with Gasteiger partial charge in [-0.05, 0) is 19.8 Å². The van der Waals surface area contributed by atoms with E-state index in [2.05, 4.69) is 0 Å². The van der Waals surface area contributed by atoms with Crippen molar-refractivity contribution in [2.45, 2.75) is 45.7 Å². The monoisotopic (exact) mass is 306 g/mol. The molecule has 1 aliphatic carbocycles. The number of sulfonamides is 1. The average Bonchev–Trinajstić information content (AvgIpc) is 3.13. The van der Waals surface area contributed by atoms with Crippen molar-refractivity contribution in [1.82, 2.24) is 9.21 Å². The lowest BCUT2D eigenvalue weighted by atomic mass is 10.2. The summed E-state index contributed by atoms with van der Waals surface area (Å²) < 4.78 is 25.4. The van der Waals surface area contributed by atoms with Gasteiger partial charge in [0.1, 0.15) is 11.8 Å². The summed E-state index contributed by atoms with van der Waals surface area (Å²) in [6.07, 6.45) is 1.46. The number of rotatable bonds is 8. The Morgan fingerprint density at radius 2 is 1.75 bits per heavy atom. The Kier molecular flexibility index (Phi) is 5.52. The van der Waals surface area contributed by atoms with E-state index >= 15 is 0 Å². The molecular weight excluding hydrogens is 284 g/mol. The van der Waals surface area contributed by atoms with Crippen LogP contribution in [-0.2, 0) is 19.6 Å². The minimum absolute atomic E-state index is 0.138. The molecule has 0 spiro atoms. The van der Waals surface area contributed by atoms with Gasteiger partial charge in [0.05, 0.1) is 0 Å². The molecule has 1 fully saturated rings. The van der Waals surface area contributed by atoms with Gasteiger partial charge in [-0.2, -0.15) is 0 Å². The highest BCUT2D eigenvalue weighted by Gasteiger charge is 2.40. The van der Waals surface area contributed by atoms with Gasteiger partial charge in [-0.1, -0.05) is 13.8 Å². The largest absolute Gasteiger partial charge is 0.480 e. The zero-order valence-corrected chi connectivity index (χ0v) is 12.9. The second kappa shape index (κ2) is 6.53. The van der Waals surface area contributed by atoms with Crippen LogP contribution in [0.2, 0.25) is 0 Å². The molecule has 0 aromatic carbocycles. The Morgan fingerprint density at radius 1 is 1.25 bits per heavy atom. The molecule has 1 aliphatic rings. The van der Waals surface area contributed by atoms with E-state index in [4.69, 9.17) is 5.11 Å². The number of hydrogen-bond acceptors (Lipinski definition) is 4. The van der Waals surface area contributed by atoms with Gasteiger partial charge in [0, 0.05) is 19.1 Å². The number of nitrogens with zero attached hydrogens (tertiary/aromatic N) is 2. The third-order valence-electron chi connectivity index (χ3n) is 3.41. The van der Waals surface area contributed by atoms with Crippen LogP contribution in [0.3, 0.4) is 0 Å². The van der Waals surface area contributed by atoms with Gasteiger partial charge in [0.15, 0.2) is 0 Å². The first-order valence-corrected chi connectivity index (χ1v) is 8.37. The van der Waals surface area contributed by atoms with Crippen molar-refractivity contribution in [1.29, 1.82) is 0 Å². The molecule has 1 rings (SSSR count). The van der Waals surface area contributed by atoms with Crippen LogP contribution in [0.4, 0.5) is 0 Å². The van der Waals surface area contributed by atoms with Crippen molar-refractivity contribution in [3.05, 3.63) is 0 Å². The number of carboxylic acid groups (broad SMARTS) is 1. The molecule has 0 saturated heterocycles. The van der Waals surface area contributed by atoms with Gasteiger partial charge >= 0.3 is 5.97 Å². The number of carbonyl (C=O) groups is 2. The van der Waals surface area contributed by atoms with Gasteiger partial charge in [-0.25, -0.2) is 17.5 Å². The van der Waals surface area contributed by atoms with Crippen LogP contribution < -0.4 is 0 Å². The van der Waals surface area contributed by atoms with E-state index in [1.54, 1.807) is 13.8 Å². The summed E-state index contributed by atoms with van der Waals surface area (Å²) in [5, 5.41) is 9.02. The molecule has 1 atom stereocenters. The topological polar surface area (TPSA) is 95.0 Å². The van der Waals surface area contributed by atoms with Crippen molar-refractivity contribution >= 4 is 21.9 Å². The highest BCUT2D eigenvalue weighted by Crippen LogP contribution is 2.29. The fourth-order valence-corrected chi connectivity index (χ4v) is 3.58. The molecule has 0 heterocycles. The lowest BCUT2D eigenvalue weighted by Crippen LogP contribution is -2.48. The van der Waals surface area contributed by atoms with Crippen molar-refractivity contribution in [2.24, 2.45) is 0 Å².